The predicted octanol–water partition coefficient (Wildman–Crippen LogP) is -4.57. The smallest absolute Gasteiger partial charge is 0.726 e. The van der Waals surface area contributed by atoms with E-state index in [1.54, 1.807) is 0 Å². The second-order valence-corrected chi connectivity index (χ2v) is 2.07. The zero-order valence-corrected chi connectivity index (χ0v) is 7.85. The van der Waals surface area contributed by atoms with Crippen LogP contribution in [0.15, 0.2) is 0 Å². The fraction of sp³-hybridized carbons (Fsp3) is 1.00. The molecule has 0 aliphatic carbocycles. The first-order valence-corrected chi connectivity index (χ1v) is 3.20. The van der Waals surface area contributed by atoms with Gasteiger partial charge in [-0.15, -0.1) is 0 Å². The van der Waals surface area contributed by atoms with E-state index in [1.807, 2.05) is 0 Å². The molecule has 2 N–H and O–H groups in total. The van der Waals surface area contributed by atoms with Gasteiger partial charge in [0.1, 0.15) is 0 Å². The molecular formula is C2H6NNaO4S. The molecule has 0 spiro atoms. The monoisotopic (exact) mass is 163 g/mol. The van der Waals surface area contributed by atoms with Gasteiger partial charge in [-0.3, -0.25) is 4.18 Å². The van der Waals surface area contributed by atoms with Crippen molar-refractivity contribution in [3.63, 3.8) is 0 Å². The standard InChI is InChI=1S/C2H7NO4S.Na/c3-1-2-7-8(4,5)6;/h1-3H2,(H,4,5,6);/q;+1/p-1. The van der Waals surface area contributed by atoms with Gasteiger partial charge in [0.2, 0.25) is 10.4 Å². The van der Waals surface area contributed by atoms with E-state index >= 15 is 0 Å². The zero-order chi connectivity index (χ0) is 6.62. The van der Waals surface area contributed by atoms with Gasteiger partial charge in [-0.05, 0) is 0 Å². The summed E-state index contributed by atoms with van der Waals surface area (Å²) in [5.74, 6) is 0. The Morgan fingerprint density at radius 2 is 2.00 bits per heavy atom. The van der Waals surface area contributed by atoms with Crippen molar-refractivity contribution in [2.45, 2.75) is 0 Å². The minimum Gasteiger partial charge on any atom is -0.726 e. The third kappa shape index (κ3) is 12.1. The molecule has 0 saturated carbocycles. The third-order valence-corrected chi connectivity index (χ3v) is 0.801. The molecular weight excluding hydrogens is 157 g/mol. The summed E-state index contributed by atoms with van der Waals surface area (Å²) in [7, 11) is -4.52. The molecule has 0 bridgehead atoms. The van der Waals surface area contributed by atoms with Gasteiger partial charge in [0, 0.05) is 6.54 Å². The van der Waals surface area contributed by atoms with Crippen molar-refractivity contribution in [2.24, 2.45) is 5.73 Å². The van der Waals surface area contributed by atoms with Crippen LogP contribution in [0.25, 0.3) is 0 Å². The first kappa shape index (κ1) is 12.5. The van der Waals surface area contributed by atoms with Crippen LogP contribution in [0.4, 0.5) is 0 Å². The van der Waals surface area contributed by atoms with Gasteiger partial charge in [-0.25, -0.2) is 8.42 Å². The molecule has 0 aromatic heterocycles. The van der Waals surface area contributed by atoms with E-state index in [-0.39, 0.29) is 42.7 Å². The molecule has 50 valence electrons. The predicted molar refractivity (Wildman–Crippen MR) is 24.7 cm³/mol. The molecule has 5 nitrogen and oxygen atoms in total. The van der Waals surface area contributed by atoms with E-state index in [9.17, 15) is 13.0 Å². The summed E-state index contributed by atoms with van der Waals surface area (Å²) in [6.07, 6.45) is 0. The van der Waals surface area contributed by atoms with Crippen molar-refractivity contribution in [3.05, 3.63) is 0 Å². The SMILES string of the molecule is NCCOS(=O)(=O)[O-].[Na+]. The molecule has 0 aromatic carbocycles. The summed E-state index contributed by atoms with van der Waals surface area (Å²) in [4.78, 5) is 0. The van der Waals surface area contributed by atoms with Crippen LogP contribution in [0, 0.1) is 0 Å². The minimum absolute atomic E-state index is 0. The summed E-state index contributed by atoms with van der Waals surface area (Å²) >= 11 is 0. The fourth-order valence-corrected chi connectivity index (χ4v) is 0.451. The molecule has 0 saturated heterocycles. The number of nitrogens with two attached hydrogens (primary N) is 1. The van der Waals surface area contributed by atoms with Crippen molar-refractivity contribution in [3.8, 4) is 0 Å². The number of hydrogen-bond donors (Lipinski definition) is 1. The first-order chi connectivity index (χ1) is 3.56. The van der Waals surface area contributed by atoms with Crippen LogP contribution >= 0.6 is 0 Å². The summed E-state index contributed by atoms with van der Waals surface area (Å²) < 4.78 is 32.3. The van der Waals surface area contributed by atoms with Crippen LogP contribution in [0.3, 0.4) is 0 Å². The molecule has 0 aliphatic heterocycles. The van der Waals surface area contributed by atoms with Gasteiger partial charge in [0.25, 0.3) is 0 Å². The van der Waals surface area contributed by atoms with Crippen LogP contribution in [0.1, 0.15) is 0 Å². The van der Waals surface area contributed by atoms with E-state index in [0.717, 1.165) is 0 Å². The molecule has 0 radical (unpaired) electrons. The summed E-state index contributed by atoms with van der Waals surface area (Å²) in [5.41, 5.74) is 4.81. The Labute approximate surface area is 75.8 Å². The Balaban J connectivity index is 0. The van der Waals surface area contributed by atoms with Crippen molar-refractivity contribution in [1.82, 2.24) is 0 Å². The van der Waals surface area contributed by atoms with Crippen molar-refractivity contribution in [2.75, 3.05) is 13.2 Å². The van der Waals surface area contributed by atoms with Crippen molar-refractivity contribution >= 4 is 10.4 Å². The van der Waals surface area contributed by atoms with Gasteiger partial charge in [0.15, 0.2) is 0 Å². The Bertz CT molecular complexity index is 143. The molecule has 0 atom stereocenters. The maximum absolute atomic E-state index is 9.56. The van der Waals surface area contributed by atoms with Crippen LogP contribution in [-0.4, -0.2) is 26.1 Å². The molecule has 0 unspecified atom stereocenters. The molecule has 0 aliphatic rings. The van der Waals surface area contributed by atoms with Gasteiger partial charge < -0.3 is 10.3 Å². The molecule has 7 heteroatoms. The second-order valence-electron chi connectivity index (χ2n) is 1.02. The maximum Gasteiger partial charge on any atom is 1.00 e. The third-order valence-electron chi connectivity index (χ3n) is 0.346. The molecule has 0 aromatic rings. The van der Waals surface area contributed by atoms with E-state index < -0.39 is 10.4 Å². The number of rotatable bonds is 3. The average molecular weight is 163 g/mol. The molecule has 0 amide bonds. The molecule has 9 heavy (non-hydrogen) atoms. The van der Waals surface area contributed by atoms with Gasteiger partial charge in [-0.2, -0.15) is 0 Å². The Hall–Kier alpha value is 0.830. The normalized spacial score (nSPS) is 10.4. The molecule has 0 heterocycles. The van der Waals surface area contributed by atoms with Gasteiger partial charge in [0.05, 0.1) is 6.61 Å². The Morgan fingerprint density at radius 1 is 1.56 bits per heavy atom. The quantitative estimate of drug-likeness (QED) is 0.257. The summed E-state index contributed by atoms with van der Waals surface area (Å²) in [6, 6.07) is 0. The Kier molecular flexibility index (Phi) is 7.78. The number of hydrogen-bond acceptors (Lipinski definition) is 5. The van der Waals surface area contributed by atoms with E-state index in [1.165, 1.54) is 0 Å². The largest absolute Gasteiger partial charge is 1.00 e. The second kappa shape index (κ2) is 5.60. The Morgan fingerprint density at radius 3 is 2.11 bits per heavy atom. The van der Waals surface area contributed by atoms with E-state index in [4.69, 9.17) is 5.73 Å². The first-order valence-electron chi connectivity index (χ1n) is 1.86. The van der Waals surface area contributed by atoms with Crippen molar-refractivity contribution in [1.29, 1.82) is 0 Å². The van der Waals surface area contributed by atoms with Gasteiger partial charge >= 0.3 is 29.6 Å². The van der Waals surface area contributed by atoms with Crippen molar-refractivity contribution < 1.29 is 46.7 Å². The fourth-order valence-electron chi connectivity index (χ4n) is 0.150. The summed E-state index contributed by atoms with van der Waals surface area (Å²) in [5, 5.41) is 0. The zero-order valence-electron chi connectivity index (χ0n) is 5.03. The van der Waals surface area contributed by atoms with E-state index in [0.29, 0.717) is 0 Å². The van der Waals surface area contributed by atoms with Gasteiger partial charge in [-0.1, -0.05) is 0 Å². The van der Waals surface area contributed by atoms with Crippen LogP contribution in [0.2, 0.25) is 0 Å². The maximum atomic E-state index is 9.56. The molecule has 0 fully saturated rings. The van der Waals surface area contributed by atoms with Crippen LogP contribution in [0.5, 0.6) is 0 Å². The summed E-state index contributed by atoms with van der Waals surface area (Å²) in [6.45, 7) is -0.215. The van der Waals surface area contributed by atoms with Crippen LogP contribution < -0.4 is 35.3 Å². The topological polar surface area (TPSA) is 92.5 Å². The minimum atomic E-state index is -4.52. The molecule has 0 rings (SSSR count). The average Bonchev–Trinajstić information content (AvgIpc) is 1.59. The van der Waals surface area contributed by atoms with E-state index in [2.05, 4.69) is 4.18 Å². The van der Waals surface area contributed by atoms with Crippen LogP contribution in [-0.2, 0) is 14.6 Å².